The monoisotopic (exact) mass is 263 g/mol. The molecule has 1 rings (SSSR count). The van der Waals surface area contributed by atoms with Crippen molar-refractivity contribution in [2.45, 2.75) is 26.3 Å². The summed E-state index contributed by atoms with van der Waals surface area (Å²) in [6.07, 6.45) is 0. The number of rotatable bonds is 4. The Balaban J connectivity index is 2.60. The Morgan fingerprint density at radius 3 is 2.16 bits per heavy atom. The van der Waals surface area contributed by atoms with Crippen LogP contribution < -0.4 is 16.0 Å². The molecule has 2 amide bonds. The molecule has 0 atom stereocenters. The SMILES string of the molecule is CNC(=O)Nc1ccc(C(=O)CNC(C)(C)C)cc1. The van der Waals surface area contributed by atoms with E-state index < -0.39 is 0 Å². The summed E-state index contributed by atoms with van der Waals surface area (Å²) in [5.41, 5.74) is 1.19. The first-order chi connectivity index (χ1) is 8.81. The summed E-state index contributed by atoms with van der Waals surface area (Å²) < 4.78 is 0. The normalized spacial score (nSPS) is 10.9. The maximum absolute atomic E-state index is 11.9. The van der Waals surface area contributed by atoms with Crippen LogP contribution >= 0.6 is 0 Å². The zero-order chi connectivity index (χ0) is 14.5. The maximum Gasteiger partial charge on any atom is 0.318 e. The van der Waals surface area contributed by atoms with Gasteiger partial charge in [-0.3, -0.25) is 4.79 Å². The standard InChI is InChI=1S/C14H21N3O2/c1-14(2,3)16-9-12(18)10-5-7-11(8-6-10)17-13(19)15-4/h5-8,16H,9H2,1-4H3,(H2,15,17,19). The fourth-order valence-corrected chi connectivity index (χ4v) is 1.38. The van der Waals surface area contributed by atoms with E-state index in [4.69, 9.17) is 0 Å². The predicted molar refractivity (Wildman–Crippen MR) is 76.6 cm³/mol. The van der Waals surface area contributed by atoms with Crippen LogP contribution in [0.5, 0.6) is 0 Å². The molecule has 0 spiro atoms. The predicted octanol–water partition coefficient (Wildman–Crippen LogP) is 2.01. The van der Waals surface area contributed by atoms with E-state index in [1.807, 2.05) is 20.8 Å². The van der Waals surface area contributed by atoms with E-state index in [-0.39, 0.29) is 17.4 Å². The Kier molecular flexibility index (Phi) is 5.06. The molecule has 1 aromatic rings. The van der Waals surface area contributed by atoms with Crippen molar-refractivity contribution >= 4 is 17.5 Å². The molecule has 0 saturated carbocycles. The third-order valence-corrected chi connectivity index (χ3v) is 2.47. The molecule has 19 heavy (non-hydrogen) atoms. The molecule has 0 heterocycles. The molecule has 1 aromatic carbocycles. The molecule has 5 nitrogen and oxygen atoms in total. The third-order valence-electron chi connectivity index (χ3n) is 2.47. The molecular weight excluding hydrogens is 242 g/mol. The Morgan fingerprint density at radius 2 is 1.68 bits per heavy atom. The minimum atomic E-state index is -0.284. The molecule has 104 valence electrons. The van der Waals surface area contributed by atoms with E-state index in [2.05, 4.69) is 16.0 Å². The van der Waals surface area contributed by atoms with Crippen LogP contribution in [-0.4, -0.2) is 30.9 Å². The molecule has 3 N–H and O–H groups in total. The second-order valence-electron chi connectivity index (χ2n) is 5.31. The molecule has 0 aliphatic carbocycles. The fourth-order valence-electron chi connectivity index (χ4n) is 1.38. The first-order valence-electron chi connectivity index (χ1n) is 6.19. The van der Waals surface area contributed by atoms with Crippen molar-refractivity contribution in [3.8, 4) is 0 Å². The number of benzene rings is 1. The zero-order valence-electron chi connectivity index (χ0n) is 11.8. The van der Waals surface area contributed by atoms with Gasteiger partial charge in [-0.25, -0.2) is 4.79 Å². The lowest BCUT2D eigenvalue weighted by atomic mass is 10.1. The van der Waals surface area contributed by atoms with Crippen molar-refractivity contribution in [1.82, 2.24) is 10.6 Å². The van der Waals surface area contributed by atoms with E-state index >= 15 is 0 Å². The number of ketones is 1. The first kappa shape index (κ1) is 15.2. The van der Waals surface area contributed by atoms with E-state index in [0.29, 0.717) is 17.8 Å². The highest BCUT2D eigenvalue weighted by Crippen LogP contribution is 2.10. The molecule has 0 radical (unpaired) electrons. The molecule has 0 aromatic heterocycles. The van der Waals surface area contributed by atoms with Gasteiger partial charge in [-0.1, -0.05) is 0 Å². The number of urea groups is 1. The van der Waals surface area contributed by atoms with Crippen LogP contribution in [0.15, 0.2) is 24.3 Å². The molecule has 0 unspecified atom stereocenters. The Morgan fingerprint density at radius 1 is 1.11 bits per heavy atom. The van der Waals surface area contributed by atoms with Gasteiger partial charge in [0.05, 0.1) is 6.54 Å². The summed E-state index contributed by atoms with van der Waals surface area (Å²) in [5, 5.41) is 8.24. The summed E-state index contributed by atoms with van der Waals surface area (Å²) in [6, 6.07) is 6.54. The van der Waals surface area contributed by atoms with Crippen LogP contribution in [0.3, 0.4) is 0 Å². The average Bonchev–Trinajstić information content (AvgIpc) is 2.36. The minimum Gasteiger partial charge on any atom is -0.341 e. The van der Waals surface area contributed by atoms with Gasteiger partial charge in [0.2, 0.25) is 0 Å². The molecule has 0 bridgehead atoms. The van der Waals surface area contributed by atoms with Gasteiger partial charge >= 0.3 is 6.03 Å². The highest BCUT2D eigenvalue weighted by Gasteiger charge is 2.12. The van der Waals surface area contributed by atoms with Gasteiger partial charge in [0, 0.05) is 23.8 Å². The van der Waals surface area contributed by atoms with Gasteiger partial charge in [-0.2, -0.15) is 0 Å². The highest BCUT2D eigenvalue weighted by atomic mass is 16.2. The second kappa shape index (κ2) is 6.33. The van der Waals surface area contributed by atoms with Gasteiger partial charge in [0.25, 0.3) is 0 Å². The number of hydrogen-bond donors (Lipinski definition) is 3. The summed E-state index contributed by atoms with van der Waals surface area (Å²) in [4.78, 5) is 23.0. The lowest BCUT2D eigenvalue weighted by molar-refractivity contribution is 0.0982. The molecule has 0 aliphatic heterocycles. The Bertz CT molecular complexity index is 447. The first-order valence-corrected chi connectivity index (χ1v) is 6.19. The summed E-state index contributed by atoms with van der Waals surface area (Å²) in [7, 11) is 1.55. The van der Waals surface area contributed by atoms with Crippen molar-refractivity contribution in [1.29, 1.82) is 0 Å². The Hall–Kier alpha value is -1.88. The van der Waals surface area contributed by atoms with Gasteiger partial charge in [0.15, 0.2) is 5.78 Å². The maximum atomic E-state index is 11.9. The van der Waals surface area contributed by atoms with Crippen molar-refractivity contribution in [2.24, 2.45) is 0 Å². The molecule has 5 heteroatoms. The summed E-state index contributed by atoms with van der Waals surface area (Å²) >= 11 is 0. The van der Waals surface area contributed by atoms with E-state index in [0.717, 1.165) is 0 Å². The molecule has 0 fully saturated rings. The minimum absolute atomic E-state index is 0.0291. The van der Waals surface area contributed by atoms with Crippen LogP contribution in [0.25, 0.3) is 0 Å². The number of Topliss-reactive ketones (excluding diaryl/α,β-unsaturated/α-hetero) is 1. The van der Waals surface area contributed by atoms with Crippen LogP contribution in [-0.2, 0) is 0 Å². The highest BCUT2D eigenvalue weighted by molar-refractivity contribution is 5.98. The largest absolute Gasteiger partial charge is 0.341 e. The van der Waals surface area contributed by atoms with Crippen LogP contribution in [0.2, 0.25) is 0 Å². The van der Waals surface area contributed by atoms with Gasteiger partial charge in [-0.05, 0) is 45.0 Å². The quantitative estimate of drug-likeness (QED) is 0.728. The van der Waals surface area contributed by atoms with Crippen LogP contribution in [0.4, 0.5) is 10.5 Å². The lowest BCUT2D eigenvalue weighted by Crippen LogP contribution is -2.39. The number of carbonyl (C=O) groups excluding carboxylic acids is 2. The van der Waals surface area contributed by atoms with E-state index in [9.17, 15) is 9.59 Å². The van der Waals surface area contributed by atoms with E-state index in [1.54, 1.807) is 31.3 Å². The van der Waals surface area contributed by atoms with Gasteiger partial charge < -0.3 is 16.0 Å². The smallest absolute Gasteiger partial charge is 0.318 e. The number of anilines is 1. The number of nitrogens with one attached hydrogen (secondary N) is 3. The van der Waals surface area contributed by atoms with Crippen molar-refractivity contribution in [3.05, 3.63) is 29.8 Å². The van der Waals surface area contributed by atoms with Crippen molar-refractivity contribution in [3.63, 3.8) is 0 Å². The lowest BCUT2D eigenvalue weighted by Gasteiger charge is -2.19. The van der Waals surface area contributed by atoms with Gasteiger partial charge in [-0.15, -0.1) is 0 Å². The Labute approximate surface area is 113 Å². The van der Waals surface area contributed by atoms with Crippen LogP contribution in [0.1, 0.15) is 31.1 Å². The molecule has 0 aliphatic rings. The number of hydrogen-bond acceptors (Lipinski definition) is 3. The number of carbonyl (C=O) groups is 2. The van der Waals surface area contributed by atoms with E-state index in [1.165, 1.54) is 0 Å². The topological polar surface area (TPSA) is 70.2 Å². The summed E-state index contributed by atoms with van der Waals surface area (Å²) in [5.74, 6) is 0.0291. The van der Waals surface area contributed by atoms with Crippen molar-refractivity contribution < 1.29 is 9.59 Å². The third kappa shape index (κ3) is 5.52. The second-order valence-corrected chi connectivity index (χ2v) is 5.31. The van der Waals surface area contributed by atoms with Crippen molar-refractivity contribution in [2.75, 3.05) is 18.9 Å². The number of amides is 2. The molecular formula is C14H21N3O2. The zero-order valence-corrected chi connectivity index (χ0v) is 11.8. The fraction of sp³-hybridized carbons (Fsp3) is 0.429. The van der Waals surface area contributed by atoms with Gasteiger partial charge in [0.1, 0.15) is 0 Å². The average molecular weight is 263 g/mol. The molecule has 0 saturated heterocycles. The van der Waals surface area contributed by atoms with Crippen LogP contribution in [0, 0.1) is 0 Å². The summed E-state index contributed by atoms with van der Waals surface area (Å²) in [6.45, 7) is 6.33.